The average molecular weight is 336 g/mol. The molecule has 0 atom stereocenters. The van der Waals surface area contributed by atoms with Crippen LogP contribution < -0.4 is 0 Å². The first-order valence-corrected chi connectivity index (χ1v) is 13.3. The van der Waals surface area contributed by atoms with Crippen LogP contribution in [0.4, 0.5) is 0 Å². The number of hydrogen-bond acceptors (Lipinski definition) is 4. The molecule has 0 saturated heterocycles. The zero-order valence-electron chi connectivity index (χ0n) is 15.5. The summed E-state index contributed by atoms with van der Waals surface area (Å²) in [7, 11) is 0.297. The third kappa shape index (κ3) is 8.47. The van der Waals surface area contributed by atoms with Crippen LogP contribution in [0.3, 0.4) is 0 Å². The molecule has 128 valence electrons. The van der Waals surface area contributed by atoms with Crippen molar-refractivity contribution in [1.29, 1.82) is 0 Å². The van der Waals surface area contributed by atoms with E-state index >= 15 is 0 Å². The molecule has 0 aromatic carbocycles. The second-order valence-electron chi connectivity index (χ2n) is 7.00. The van der Waals surface area contributed by atoms with Crippen LogP contribution >= 0.6 is 0 Å². The Kier molecular flexibility index (Phi) is 10.3. The van der Waals surface area contributed by atoms with E-state index in [4.69, 9.17) is 13.3 Å². The van der Waals surface area contributed by atoms with E-state index < -0.39 is 17.6 Å². The Morgan fingerprint density at radius 2 is 1.62 bits per heavy atom. The van der Waals surface area contributed by atoms with Crippen LogP contribution in [0.2, 0.25) is 19.1 Å². The van der Waals surface area contributed by atoms with Crippen molar-refractivity contribution < 1.29 is 13.3 Å². The molecule has 21 heavy (non-hydrogen) atoms. The minimum Gasteiger partial charge on any atom is -0.377 e. The molecule has 0 amide bonds. The van der Waals surface area contributed by atoms with E-state index in [-0.39, 0.29) is 5.54 Å². The highest BCUT2D eigenvalue weighted by Crippen LogP contribution is 2.19. The van der Waals surface area contributed by atoms with Gasteiger partial charge in [0, 0.05) is 32.0 Å². The lowest BCUT2D eigenvalue weighted by molar-refractivity contribution is 0.112. The molecule has 0 aliphatic rings. The Balaban J connectivity index is 4.25. The number of nitrogens with zero attached hydrogens (tertiary/aromatic N) is 1. The Morgan fingerprint density at radius 3 is 2.00 bits per heavy atom. The summed E-state index contributed by atoms with van der Waals surface area (Å²) in [4.78, 5) is 2.51. The predicted molar refractivity (Wildman–Crippen MR) is 95.6 cm³/mol. The van der Waals surface area contributed by atoms with Crippen LogP contribution in [-0.2, 0) is 13.3 Å². The molecular weight excluding hydrogens is 298 g/mol. The molecule has 0 saturated carbocycles. The van der Waals surface area contributed by atoms with Gasteiger partial charge in [0.25, 0.3) is 0 Å². The zero-order chi connectivity index (χ0) is 16.5. The summed E-state index contributed by atoms with van der Waals surface area (Å²) in [6, 6.07) is 0.919. The highest BCUT2D eigenvalue weighted by molar-refractivity contribution is 6.63. The smallest absolute Gasteiger partial charge is 0.377 e. The van der Waals surface area contributed by atoms with Gasteiger partial charge in [0.1, 0.15) is 0 Å². The molecule has 0 aliphatic heterocycles. The van der Waals surface area contributed by atoms with E-state index in [1.165, 1.54) is 0 Å². The highest BCUT2D eigenvalue weighted by atomic mass is 28.4. The van der Waals surface area contributed by atoms with E-state index in [1.807, 2.05) is 0 Å². The van der Waals surface area contributed by atoms with E-state index in [9.17, 15) is 0 Å². The summed E-state index contributed by atoms with van der Waals surface area (Å²) >= 11 is 0. The first-order valence-electron chi connectivity index (χ1n) is 8.20. The third-order valence-electron chi connectivity index (χ3n) is 3.75. The van der Waals surface area contributed by atoms with Crippen LogP contribution in [0, 0.1) is 0 Å². The molecule has 0 bridgehead atoms. The van der Waals surface area contributed by atoms with Crippen LogP contribution in [0.5, 0.6) is 0 Å². The number of unbranched alkanes of at least 4 members (excludes halogenated alkanes) is 1. The van der Waals surface area contributed by atoms with E-state index in [2.05, 4.69) is 45.7 Å². The van der Waals surface area contributed by atoms with Gasteiger partial charge in [-0.1, -0.05) is 20.0 Å². The molecular formula is C15H37NO3Si2. The van der Waals surface area contributed by atoms with Crippen molar-refractivity contribution in [3.8, 4) is 0 Å². The van der Waals surface area contributed by atoms with Gasteiger partial charge in [-0.05, 0) is 46.7 Å². The quantitative estimate of drug-likeness (QED) is 0.429. The van der Waals surface area contributed by atoms with Crippen molar-refractivity contribution in [1.82, 2.24) is 4.90 Å². The molecule has 0 N–H and O–H groups in total. The third-order valence-corrected chi connectivity index (χ3v) is 7.73. The van der Waals surface area contributed by atoms with Gasteiger partial charge in [-0.25, -0.2) is 0 Å². The molecule has 4 nitrogen and oxygen atoms in total. The number of rotatable bonds is 11. The SMILES string of the molecule is CCN(CCCC[Si](OC)(OC)OC[SiH](C)C)C(C)(C)C. The minimum absolute atomic E-state index is 0.242. The number of hydrogen-bond donors (Lipinski definition) is 0. The van der Waals surface area contributed by atoms with Gasteiger partial charge in [0.05, 0.1) is 8.80 Å². The van der Waals surface area contributed by atoms with Crippen molar-refractivity contribution in [2.75, 3.05) is 33.5 Å². The standard InChI is InChI=1S/C15H37NO3Si2/c1-9-16(15(2,3)4)12-10-11-13-21(17-5,18-6)19-14-20(7)8/h20H,9-14H2,1-8H3. The summed E-state index contributed by atoms with van der Waals surface area (Å²) in [5, 5.41) is 0. The maximum Gasteiger partial charge on any atom is 0.500 e. The molecule has 0 spiro atoms. The van der Waals surface area contributed by atoms with Gasteiger partial charge in [0.15, 0.2) is 0 Å². The van der Waals surface area contributed by atoms with Gasteiger partial charge in [-0.2, -0.15) is 0 Å². The summed E-state index contributed by atoms with van der Waals surface area (Å²) in [5.41, 5.74) is 0.242. The van der Waals surface area contributed by atoms with Gasteiger partial charge in [-0.15, -0.1) is 0 Å². The van der Waals surface area contributed by atoms with E-state index in [1.54, 1.807) is 14.2 Å². The molecule has 0 radical (unpaired) electrons. The van der Waals surface area contributed by atoms with Crippen molar-refractivity contribution in [2.24, 2.45) is 0 Å². The largest absolute Gasteiger partial charge is 0.500 e. The predicted octanol–water partition coefficient (Wildman–Crippen LogP) is 3.16. The molecule has 0 unspecified atom stereocenters. The van der Waals surface area contributed by atoms with E-state index in [0.29, 0.717) is 0 Å². The van der Waals surface area contributed by atoms with Gasteiger partial charge in [0.2, 0.25) is 0 Å². The Labute approximate surface area is 135 Å². The second kappa shape index (κ2) is 10.1. The topological polar surface area (TPSA) is 30.9 Å². The molecule has 0 rings (SSSR count). The van der Waals surface area contributed by atoms with Gasteiger partial charge in [-0.3, -0.25) is 4.90 Å². The molecule has 0 heterocycles. The van der Waals surface area contributed by atoms with Crippen molar-refractivity contribution in [2.45, 2.75) is 65.2 Å². The van der Waals surface area contributed by atoms with Gasteiger partial charge >= 0.3 is 8.80 Å². The second-order valence-corrected chi connectivity index (χ2v) is 13.1. The Bertz CT molecular complexity index is 266. The summed E-state index contributed by atoms with van der Waals surface area (Å²) < 4.78 is 17.3. The van der Waals surface area contributed by atoms with Crippen molar-refractivity contribution in [3.05, 3.63) is 0 Å². The zero-order valence-corrected chi connectivity index (χ0v) is 17.6. The van der Waals surface area contributed by atoms with E-state index in [0.717, 1.165) is 38.2 Å². The molecule has 0 aliphatic carbocycles. The fraction of sp³-hybridized carbons (Fsp3) is 1.00. The molecule has 0 aromatic heterocycles. The van der Waals surface area contributed by atoms with Crippen LogP contribution in [0.15, 0.2) is 0 Å². The first-order chi connectivity index (χ1) is 9.70. The summed E-state index contributed by atoms with van der Waals surface area (Å²) in [6.07, 6.45) is 3.10. The summed E-state index contributed by atoms with van der Waals surface area (Å²) in [5.74, 6) is 0. The average Bonchev–Trinajstić information content (AvgIpc) is 2.41. The lowest BCUT2D eigenvalue weighted by atomic mass is 10.1. The van der Waals surface area contributed by atoms with Crippen LogP contribution in [0.1, 0.15) is 40.5 Å². The Hall–Kier alpha value is 0.274. The fourth-order valence-electron chi connectivity index (χ4n) is 2.38. The van der Waals surface area contributed by atoms with Crippen LogP contribution in [0.25, 0.3) is 0 Å². The molecule has 0 aromatic rings. The van der Waals surface area contributed by atoms with Crippen molar-refractivity contribution in [3.63, 3.8) is 0 Å². The van der Waals surface area contributed by atoms with Gasteiger partial charge < -0.3 is 13.3 Å². The first kappa shape index (κ1) is 21.3. The highest BCUT2D eigenvalue weighted by Gasteiger charge is 2.38. The monoisotopic (exact) mass is 335 g/mol. The Morgan fingerprint density at radius 1 is 1.05 bits per heavy atom. The maximum atomic E-state index is 6.03. The fourth-order valence-corrected chi connectivity index (χ4v) is 6.37. The minimum atomic E-state index is -2.42. The lowest BCUT2D eigenvalue weighted by Gasteiger charge is -2.35. The van der Waals surface area contributed by atoms with Crippen LogP contribution in [-0.4, -0.2) is 61.6 Å². The van der Waals surface area contributed by atoms with Crippen molar-refractivity contribution >= 4 is 17.6 Å². The lowest BCUT2D eigenvalue weighted by Crippen LogP contribution is -2.46. The maximum absolute atomic E-state index is 6.03. The molecule has 6 heteroatoms. The normalized spacial score (nSPS) is 13.4. The molecule has 0 fully saturated rings. The summed E-state index contributed by atoms with van der Waals surface area (Å²) in [6.45, 7) is 15.8.